The third-order valence-electron chi connectivity index (χ3n) is 7.99. The number of hydrogen-bond acceptors (Lipinski definition) is 7. The molecule has 3 aliphatic heterocycles. The summed E-state index contributed by atoms with van der Waals surface area (Å²) in [4.78, 5) is 21.1. The van der Waals surface area contributed by atoms with Gasteiger partial charge in [-0.3, -0.25) is 9.69 Å². The van der Waals surface area contributed by atoms with Crippen LogP contribution in [0.1, 0.15) is 78.1 Å². The third-order valence-corrected chi connectivity index (χ3v) is 7.99. The standard InChI is InChI=1S/C24H41N3O5/c1-23(2,27(3)18-9-14-29-15-10-18)22(28)25-20-16-19(26-32-20)24(11-5-6-12-24)17-31-21-8-4-7-13-30-21/h18,20-21H,4-17H2,1-3H3,(H,25,28). The van der Waals surface area contributed by atoms with Gasteiger partial charge in [-0.05, 0) is 65.8 Å². The van der Waals surface area contributed by atoms with Crippen LogP contribution in [0.3, 0.4) is 0 Å². The van der Waals surface area contributed by atoms with Crippen molar-refractivity contribution in [2.24, 2.45) is 10.6 Å². The number of oxime groups is 1. The maximum absolute atomic E-state index is 13.2. The summed E-state index contributed by atoms with van der Waals surface area (Å²) in [5, 5.41) is 7.56. The maximum atomic E-state index is 13.2. The van der Waals surface area contributed by atoms with Gasteiger partial charge >= 0.3 is 0 Å². The zero-order chi connectivity index (χ0) is 22.6. The quantitative estimate of drug-likeness (QED) is 0.610. The smallest absolute Gasteiger partial charge is 0.242 e. The molecule has 8 heteroatoms. The molecule has 0 aromatic rings. The molecule has 1 N–H and O–H groups in total. The molecule has 32 heavy (non-hydrogen) atoms. The molecule has 182 valence electrons. The number of carbonyl (C=O) groups excluding carboxylic acids is 1. The number of ether oxygens (including phenoxy) is 3. The third kappa shape index (κ3) is 5.29. The minimum Gasteiger partial charge on any atom is -0.381 e. The topological polar surface area (TPSA) is 81.6 Å². The van der Waals surface area contributed by atoms with E-state index in [1.807, 2.05) is 20.9 Å². The van der Waals surface area contributed by atoms with Crippen molar-refractivity contribution >= 4 is 11.6 Å². The molecule has 0 bridgehead atoms. The van der Waals surface area contributed by atoms with E-state index in [4.69, 9.17) is 19.0 Å². The van der Waals surface area contributed by atoms with Gasteiger partial charge in [-0.2, -0.15) is 0 Å². The van der Waals surface area contributed by atoms with Gasteiger partial charge in [0.15, 0.2) is 6.29 Å². The highest BCUT2D eigenvalue weighted by molar-refractivity contribution is 5.92. The maximum Gasteiger partial charge on any atom is 0.242 e. The predicted molar refractivity (Wildman–Crippen MR) is 121 cm³/mol. The molecule has 3 heterocycles. The number of rotatable bonds is 8. The first-order valence-corrected chi connectivity index (χ1v) is 12.5. The van der Waals surface area contributed by atoms with Crippen molar-refractivity contribution in [2.45, 2.75) is 102 Å². The summed E-state index contributed by atoms with van der Waals surface area (Å²) in [7, 11) is 2.03. The first kappa shape index (κ1) is 23.9. The predicted octanol–water partition coefficient (Wildman–Crippen LogP) is 3.20. The molecule has 2 atom stereocenters. The van der Waals surface area contributed by atoms with Crippen LogP contribution in [0.2, 0.25) is 0 Å². The van der Waals surface area contributed by atoms with Gasteiger partial charge in [-0.1, -0.05) is 18.0 Å². The first-order chi connectivity index (χ1) is 15.4. The molecule has 0 aromatic carbocycles. The lowest BCUT2D eigenvalue weighted by atomic mass is 9.80. The van der Waals surface area contributed by atoms with E-state index < -0.39 is 11.8 Å². The van der Waals surface area contributed by atoms with E-state index in [9.17, 15) is 4.79 Å². The largest absolute Gasteiger partial charge is 0.381 e. The number of likely N-dealkylation sites (N-methyl/N-ethyl adjacent to an activating group) is 1. The molecule has 4 rings (SSSR count). The van der Waals surface area contributed by atoms with Crippen LogP contribution in [-0.4, -0.2) is 74.1 Å². The molecular formula is C24H41N3O5. The lowest BCUT2D eigenvalue weighted by molar-refractivity contribution is -0.173. The van der Waals surface area contributed by atoms with E-state index in [2.05, 4.69) is 15.4 Å². The van der Waals surface area contributed by atoms with Crippen molar-refractivity contribution < 1.29 is 23.8 Å². The van der Waals surface area contributed by atoms with Crippen LogP contribution in [0.25, 0.3) is 0 Å². The fourth-order valence-electron chi connectivity index (χ4n) is 5.44. The van der Waals surface area contributed by atoms with E-state index in [0.717, 1.165) is 70.5 Å². The van der Waals surface area contributed by atoms with E-state index in [1.54, 1.807) is 0 Å². The minimum atomic E-state index is -0.638. The summed E-state index contributed by atoms with van der Waals surface area (Å²) in [6.07, 6.45) is 9.72. The molecule has 0 aromatic heterocycles. The van der Waals surface area contributed by atoms with Crippen LogP contribution >= 0.6 is 0 Å². The second kappa shape index (κ2) is 10.4. The Morgan fingerprint density at radius 1 is 1.16 bits per heavy atom. The van der Waals surface area contributed by atoms with Gasteiger partial charge in [0.25, 0.3) is 0 Å². The fourth-order valence-corrected chi connectivity index (χ4v) is 5.44. The first-order valence-electron chi connectivity index (χ1n) is 12.5. The zero-order valence-corrected chi connectivity index (χ0v) is 20.1. The summed E-state index contributed by atoms with van der Waals surface area (Å²) in [6, 6.07) is 0.349. The van der Waals surface area contributed by atoms with E-state index in [1.165, 1.54) is 12.8 Å². The van der Waals surface area contributed by atoms with E-state index in [0.29, 0.717) is 19.1 Å². The Morgan fingerprint density at radius 3 is 2.59 bits per heavy atom. The SMILES string of the molecule is CN(C1CCOCC1)C(C)(C)C(=O)NC1CC(C2(COC3CCCCO3)CCCC2)=NO1. The summed E-state index contributed by atoms with van der Waals surface area (Å²) in [5.74, 6) is -0.0275. The van der Waals surface area contributed by atoms with Gasteiger partial charge in [0.1, 0.15) is 0 Å². The van der Waals surface area contributed by atoms with Crippen LogP contribution in [0.15, 0.2) is 5.16 Å². The Balaban J connectivity index is 1.31. The van der Waals surface area contributed by atoms with Gasteiger partial charge in [-0.25, -0.2) is 0 Å². The molecule has 1 saturated carbocycles. The second-order valence-corrected chi connectivity index (χ2v) is 10.4. The molecule has 3 fully saturated rings. The number of nitrogens with zero attached hydrogens (tertiary/aromatic N) is 2. The fraction of sp³-hybridized carbons (Fsp3) is 0.917. The van der Waals surface area contributed by atoms with Crippen molar-refractivity contribution in [3.05, 3.63) is 0 Å². The van der Waals surface area contributed by atoms with Crippen molar-refractivity contribution in [1.82, 2.24) is 10.2 Å². The van der Waals surface area contributed by atoms with Gasteiger partial charge in [0, 0.05) is 37.7 Å². The average molecular weight is 452 g/mol. The molecule has 0 radical (unpaired) electrons. The number of nitrogens with one attached hydrogen (secondary N) is 1. The Hall–Kier alpha value is -1.22. The molecule has 2 unspecified atom stereocenters. The summed E-state index contributed by atoms with van der Waals surface area (Å²) < 4.78 is 17.4. The molecule has 1 amide bonds. The molecule has 4 aliphatic rings. The summed E-state index contributed by atoms with van der Waals surface area (Å²) in [6.45, 7) is 6.87. The lowest BCUT2D eigenvalue weighted by Gasteiger charge is -2.41. The van der Waals surface area contributed by atoms with Crippen molar-refractivity contribution in [2.75, 3.05) is 33.5 Å². The Morgan fingerprint density at radius 2 is 1.91 bits per heavy atom. The van der Waals surface area contributed by atoms with Gasteiger partial charge in [0.2, 0.25) is 12.1 Å². The summed E-state index contributed by atoms with van der Waals surface area (Å²) in [5.41, 5.74) is 0.307. The minimum absolute atomic E-state index is 0.0275. The highest BCUT2D eigenvalue weighted by Gasteiger charge is 2.45. The van der Waals surface area contributed by atoms with Crippen molar-refractivity contribution in [3.63, 3.8) is 0 Å². The number of amides is 1. The van der Waals surface area contributed by atoms with Crippen LogP contribution < -0.4 is 5.32 Å². The van der Waals surface area contributed by atoms with Crippen LogP contribution in [-0.2, 0) is 23.8 Å². The Bertz CT molecular complexity index is 665. The molecule has 8 nitrogen and oxygen atoms in total. The number of hydrogen-bond donors (Lipinski definition) is 1. The van der Waals surface area contributed by atoms with Crippen LogP contribution in [0.4, 0.5) is 0 Å². The molecule has 1 aliphatic carbocycles. The highest BCUT2D eigenvalue weighted by atomic mass is 16.7. The molecule has 2 saturated heterocycles. The average Bonchev–Trinajstić information content (AvgIpc) is 3.49. The van der Waals surface area contributed by atoms with Gasteiger partial charge < -0.3 is 24.4 Å². The van der Waals surface area contributed by atoms with Gasteiger partial charge in [0.05, 0.1) is 17.9 Å². The normalized spacial score (nSPS) is 29.1. The Labute approximate surface area is 192 Å². The highest BCUT2D eigenvalue weighted by Crippen LogP contribution is 2.43. The second-order valence-electron chi connectivity index (χ2n) is 10.4. The lowest BCUT2D eigenvalue weighted by Crippen LogP contribution is -2.59. The Kier molecular flexibility index (Phi) is 7.75. The summed E-state index contributed by atoms with van der Waals surface area (Å²) >= 11 is 0. The van der Waals surface area contributed by atoms with Crippen LogP contribution in [0, 0.1) is 5.41 Å². The molecule has 0 spiro atoms. The molecular weight excluding hydrogens is 410 g/mol. The van der Waals surface area contributed by atoms with E-state index >= 15 is 0 Å². The van der Waals surface area contributed by atoms with Crippen LogP contribution in [0.5, 0.6) is 0 Å². The van der Waals surface area contributed by atoms with Crippen molar-refractivity contribution in [3.8, 4) is 0 Å². The number of carbonyl (C=O) groups is 1. The zero-order valence-electron chi connectivity index (χ0n) is 20.1. The van der Waals surface area contributed by atoms with E-state index in [-0.39, 0.29) is 17.6 Å². The van der Waals surface area contributed by atoms with Crippen molar-refractivity contribution in [1.29, 1.82) is 0 Å². The van der Waals surface area contributed by atoms with Gasteiger partial charge in [-0.15, -0.1) is 0 Å². The monoisotopic (exact) mass is 451 g/mol.